The summed E-state index contributed by atoms with van der Waals surface area (Å²) in [6, 6.07) is 0.251. The molecule has 0 saturated heterocycles. The number of nitrogens with one attached hydrogen (secondary N) is 1. The lowest BCUT2D eigenvalue weighted by atomic mass is 9.47. The van der Waals surface area contributed by atoms with Gasteiger partial charge >= 0.3 is 5.97 Å². The molecule has 4 rings (SSSR count). The first-order chi connectivity index (χ1) is 24.3. The summed E-state index contributed by atoms with van der Waals surface area (Å²) in [5.41, 5.74) is 14.2. The minimum absolute atomic E-state index is 0.0360. The Morgan fingerprint density at radius 1 is 0.902 bits per heavy atom. The summed E-state index contributed by atoms with van der Waals surface area (Å²) in [6.07, 6.45) is 21.9. The van der Waals surface area contributed by atoms with E-state index in [4.69, 9.17) is 16.2 Å². The van der Waals surface area contributed by atoms with Gasteiger partial charge in [0.15, 0.2) is 0 Å². The number of ether oxygens (including phenoxy) is 1. The fourth-order valence-corrected chi connectivity index (χ4v) is 11.3. The van der Waals surface area contributed by atoms with E-state index in [2.05, 4.69) is 46.0 Å². The van der Waals surface area contributed by atoms with Crippen molar-refractivity contribution in [2.24, 2.45) is 57.8 Å². The predicted octanol–water partition coefficient (Wildman–Crippen LogP) is 8.78. The van der Waals surface area contributed by atoms with Crippen LogP contribution in [0.4, 0.5) is 0 Å². The van der Waals surface area contributed by atoms with Gasteiger partial charge in [-0.05, 0) is 150 Å². The van der Waals surface area contributed by atoms with Gasteiger partial charge in [0.2, 0.25) is 5.91 Å². The molecule has 7 heteroatoms. The smallest absolute Gasteiger partial charge is 0.306 e. The van der Waals surface area contributed by atoms with Gasteiger partial charge in [0.25, 0.3) is 0 Å². The monoisotopic (exact) mass is 713 g/mol. The topological polar surface area (TPSA) is 111 Å². The number of nitrogens with zero attached hydrogens (tertiary/aromatic N) is 1. The quantitative estimate of drug-likeness (QED) is 0.0624. The molecule has 0 heterocycles. The number of hydrogen-bond acceptors (Lipinski definition) is 6. The molecule has 3 saturated carbocycles. The third-order valence-corrected chi connectivity index (χ3v) is 14.7. The van der Waals surface area contributed by atoms with Gasteiger partial charge in [-0.15, -0.1) is 0 Å². The van der Waals surface area contributed by atoms with E-state index in [1.165, 1.54) is 57.8 Å². The molecule has 0 aromatic carbocycles. The number of rotatable bonds is 21. The first-order valence-corrected chi connectivity index (χ1v) is 21.7. The summed E-state index contributed by atoms with van der Waals surface area (Å²) >= 11 is 0. The van der Waals surface area contributed by atoms with Crippen LogP contribution in [0.15, 0.2) is 11.6 Å². The molecule has 4 aliphatic carbocycles. The van der Waals surface area contributed by atoms with Gasteiger partial charge in [0.1, 0.15) is 6.10 Å². The maximum absolute atomic E-state index is 13.2. The normalized spacial score (nSPS) is 32.0. The van der Waals surface area contributed by atoms with E-state index in [-0.39, 0.29) is 48.3 Å². The van der Waals surface area contributed by atoms with E-state index in [0.717, 1.165) is 93.5 Å². The van der Waals surface area contributed by atoms with Crippen LogP contribution in [0.3, 0.4) is 0 Å². The highest BCUT2D eigenvalue weighted by molar-refractivity contribution is 5.81. The molecule has 0 aromatic rings. The summed E-state index contributed by atoms with van der Waals surface area (Å²) in [5.74, 6) is 4.85. The van der Waals surface area contributed by atoms with E-state index >= 15 is 0 Å². The highest BCUT2D eigenvalue weighted by Gasteiger charge is 2.58. The fraction of sp³-hybridized carbons (Fsp3) is 0.909. The fourth-order valence-electron chi connectivity index (χ4n) is 11.3. The van der Waals surface area contributed by atoms with Crippen LogP contribution < -0.4 is 16.8 Å². The largest absolute Gasteiger partial charge is 0.462 e. The van der Waals surface area contributed by atoms with Gasteiger partial charge in [0, 0.05) is 38.0 Å². The van der Waals surface area contributed by atoms with Gasteiger partial charge in [0.05, 0.1) is 6.42 Å². The van der Waals surface area contributed by atoms with Crippen LogP contribution in [0.5, 0.6) is 0 Å². The van der Waals surface area contributed by atoms with Gasteiger partial charge in [-0.1, -0.05) is 65.5 Å². The lowest BCUT2D eigenvalue weighted by molar-refractivity contribution is -0.153. The molecular weight excluding hydrogens is 633 g/mol. The average Bonchev–Trinajstić information content (AvgIpc) is 3.42. The van der Waals surface area contributed by atoms with Gasteiger partial charge in [-0.3, -0.25) is 9.59 Å². The number of allylic oxidation sites excluding steroid dienone is 1. The number of carbonyl (C=O) groups excluding carboxylic acids is 2. The SMILES string of the molecule is CCC(CCCC1CCC2C3CC=C4CC(OC(=O)CCC(=O)N(CCCCNCCC(C)N)CCC(C)N)CCC4(C)C3CCC12C)C(C)C. The highest BCUT2D eigenvalue weighted by atomic mass is 16.5. The lowest BCUT2D eigenvalue weighted by Gasteiger charge is -2.58. The molecule has 0 bridgehead atoms. The van der Waals surface area contributed by atoms with Crippen LogP contribution >= 0.6 is 0 Å². The maximum Gasteiger partial charge on any atom is 0.306 e. The molecule has 51 heavy (non-hydrogen) atoms. The van der Waals surface area contributed by atoms with E-state index in [1.807, 2.05) is 18.7 Å². The first kappa shape index (κ1) is 42.3. The molecule has 294 valence electrons. The third-order valence-electron chi connectivity index (χ3n) is 14.7. The van der Waals surface area contributed by atoms with Crippen molar-refractivity contribution in [3.63, 3.8) is 0 Å². The van der Waals surface area contributed by atoms with Crippen LogP contribution in [0.2, 0.25) is 0 Å². The molecular formula is C44H80N4O3. The summed E-state index contributed by atoms with van der Waals surface area (Å²) in [6.45, 7) is 19.6. The molecule has 7 nitrogen and oxygen atoms in total. The number of carbonyl (C=O) groups is 2. The molecule has 0 radical (unpaired) electrons. The zero-order valence-corrected chi connectivity index (χ0v) is 34.2. The molecule has 10 unspecified atom stereocenters. The number of nitrogens with two attached hydrogens (primary N) is 2. The first-order valence-electron chi connectivity index (χ1n) is 21.7. The van der Waals surface area contributed by atoms with Crippen LogP contribution in [0.25, 0.3) is 0 Å². The number of hydrogen-bond donors (Lipinski definition) is 3. The van der Waals surface area contributed by atoms with Crippen molar-refractivity contribution in [3.8, 4) is 0 Å². The van der Waals surface area contributed by atoms with Crippen molar-refractivity contribution in [1.82, 2.24) is 10.2 Å². The second-order valence-electron chi connectivity index (χ2n) is 18.6. The molecule has 5 N–H and O–H groups in total. The number of unbranched alkanes of at least 4 members (excludes halogenated alkanes) is 1. The molecule has 4 aliphatic rings. The van der Waals surface area contributed by atoms with Crippen LogP contribution in [0.1, 0.15) is 164 Å². The summed E-state index contributed by atoms with van der Waals surface area (Å²) in [7, 11) is 0. The number of amides is 1. The molecule has 1 amide bonds. The van der Waals surface area contributed by atoms with Gasteiger partial charge in [-0.25, -0.2) is 0 Å². The Kier molecular flexibility index (Phi) is 16.4. The molecule has 0 spiro atoms. The van der Waals surface area contributed by atoms with Crippen LogP contribution in [-0.4, -0.2) is 61.1 Å². The summed E-state index contributed by atoms with van der Waals surface area (Å²) < 4.78 is 6.09. The van der Waals surface area contributed by atoms with Crippen molar-refractivity contribution < 1.29 is 14.3 Å². The second-order valence-corrected chi connectivity index (χ2v) is 18.6. The highest BCUT2D eigenvalue weighted by Crippen LogP contribution is 2.67. The molecule has 0 aliphatic heterocycles. The summed E-state index contributed by atoms with van der Waals surface area (Å²) in [4.78, 5) is 28.2. The standard InChI is InChI=1S/C44H80N4O3/c1-8-34(31(2)3)12-11-13-35-15-17-39-38-16-14-36-30-37(20-24-44(36,7)40(38)21-25-43(35,39)6)51-42(50)19-18-41(49)48(29-23-33(5)46)28-10-9-26-47-27-22-32(4)45/h14,31-35,37-40,47H,8-13,15-30,45-46H2,1-7H3. The number of fused-ring (bicyclic) bond motifs is 5. The molecule has 0 aromatic heterocycles. The summed E-state index contributed by atoms with van der Waals surface area (Å²) in [5, 5.41) is 3.44. The number of esters is 1. The van der Waals surface area contributed by atoms with Crippen LogP contribution in [-0.2, 0) is 14.3 Å². The minimum atomic E-state index is -0.221. The second kappa shape index (κ2) is 19.8. The van der Waals surface area contributed by atoms with E-state index in [9.17, 15) is 9.59 Å². The van der Waals surface area contributed by atoms with Gasteiger partial charge < -0.3 is 26.4 Å². The Morgan fingerprint density at radius 2 is 1.67 bits per heavy atom. The maximum atomic E-state index is 13.2. The predicted molar refractivity (Wildman–Crippen MR) is 212 cm³/mol. The van der Waals surface area contributed by atoms with Crippen molar-refractivity contribution >= 4 is 11.9 Å². The minimum Gasteiger partial charge on any atom is -0.462 e. The Morgan fingerprint density at radius 3 is 2.37 bits per heavy atom. The van der Waals surface area contributed by atoms with E-state index in [0.29, 0.717) is 18.5 Å². The Hall–Kier alpha value is -1.44. The molecule has 10 atom stereocenters. The van der Waals surface area contributed by atoms with Crippen LogP contribution in [0, 0.1) is 46.3 Å². The van der Waals surface area contributed by atoms with E-state index < -0.39 is 0 Å². The Bertz CT molecular complexity index is 1120. The Labute approximate surface area is 313 Å². The van der Waals surface area contributed by atoms with Crippen molar-refractivity contribution in [2.75, 3.05) is 26.2 Å². The van der Waals surface area contributed by atoms with Crippen molar-refractivity contribution in [2.45, 2.75) is 182 Å². The van der Waals surface area contributed by atoms with Crippen molar-refractivity contribution in [3.05, 3.63) is 11.6 Å². The van der Waals surface area contributed by atoms with Gasteiger partial charge in [-0.2, -0.15) is 0 Å². The molecule has 3 fully saturated rings. The zero-order chi connectivity index (χ0) is 37.2. The zero-order valence-electron chi connectivity index (χ0n) is 34.2. The Balaban J connectivity index is 1.24. The lowest BCUT2D eigenvalue weighted by Crippen LogP contribution is -2.50. The third kappa shape index (κ3) is 11.3. The van der Waals surface area contributed by atoms with Crippen molar-refractivity contribution in [1.29, 1.82) is 0 Å². The average molecular weight is 713 g/mol. The van der Waals surface area contributed by atoms with E-state index in [1.54, 1.807) is 5.57 Å².